The van der Waals surface area contributed by atoms with Crippen molar-refractivity contribution in [2.45, 2.75) is 33.7 Å². The summed E-state index contributed by atoms with van der Waals surface area (Å²) < 4.78 is 2.00. The van der Waals surface area contributed by atoms with Crippen LogP contribution in [0.2, 0.25) is 0 Å². The molecule has 6 nitrogen and oxygen atoms in total. The number of hydrogen-bond acceptors (Lipinski definition) is 3. The zero-order chi connectivity index (χ0) is 18.9. The Morgan fingerprint density at radius 3 is 2.62 bits per heavy atom. The minimum atomic E-state index is 0.609. The SMILES string of the molecule is CCNC(=NCc1ccccc1-n1nc(C)cc1C)NCCCN(C)C. The van der Waals surface area contributed by atoms with Crippen LogP contribution in [0.5, 0.6) is 0 Å². The van der Waals surface area contributed by atoms with E-state index in [1.54, 1.807) is 0 Å². The Labute approximate surface area is 157 Å². The molecule has 1 aromatic carbocycles. The van der Waals surface area contributed by atoms with E-state index < -0.39 is 0 Å². The van der Waals surface area contributed by atoms with Gasteiger partial charge in [-0.3, -0.25) is 0 Å². The summed E-state index contributed by atoms with van der Waals surface area (Å²) in [5.74, 6) is 0.856. The van der Waals surface area contributed by atoms with E-state index in [0.717, 1.165) is 54.7 Å². The van der Waals surface area contributed by atoms with Crippen LogP contribution in [0.4, 0.5) is 0 Å². The van der Waals surface area contributed by atoms with Gasteiger partial charge in [-0.25, -0.2) is 9.67 Å². The van der Waals surface area contributed by atoms with Gasteiger partial charge in [-0.2, -0.15) is 5.10 Å². The number of aliphatic imine (C=N–C) groups is 1. The molecular formula is C20H32N6. The van der Waals surface area contributed by atoms with Gasteiger partial charge < -0.3 is 15.5 Å². The van der Waals surface area contributed by atoms with Crippen LogP contribution in [0.1, 0.15) is 30.3 Å². The zero-order valence-corrected chi connectivity index (χ0v) is 16.7. The molecule has 1 aromatic heterocycles. The maximum absolute atomic E-state index is 4.76. The Morgan fingerprint density at radius 1 is 1.19 bits per heavy atom. The number of benzene rings is 1. The second kappa shape index (κ2) is 9.97. The Balaban J connectivity index is 2.10. The molecule has 0 unspecified atom stereocenters. The second-order valence-corrected chi connectivity index (χ2v) is 6.75. The molecule has 0 saturated carbocycles. The maximum Gasteiger partial charge on any atom is 0.191 e. The number of hydrogen-bond donors (Lipinski definition) is 2. The highest BCUT2D eigenvalue weighted by molar-refractivity contribution is 5.79. The van der Waals surface area contributed by atoms with Crippen molar-refractivity contribution in [3.63, 3.8) is 0 Å². The lowest BCUT2D eigenvalue weighted by atomic mass is 10.2. The van der Waals surface area contributed by atoms with Gasteiger partial charge in [0.1, 0.15) is 0 Å². The first-order valence-corrected chi connectivity index (χ1v) is 9.29. The number of nitrogens with one attached hydrogen (secondary N) is 2. The summed E-state index contributed by atoms with van der Waals surface area (Å²) >= 11 is 0. The average Bonchev–Trinajstić information content (AvgIpc) is 2.94. The number of guanidine groups is 1. The van der Waals surface area contributed by atoms with E-state index in [0.29, 0.717) is 6.54 Å². The van der Waals surface area contributed by atoms with Gasteiger partial charge in [-0.1, -0.05) is 18.2 Å². The molecule has 0 atom stereocenters. The molecule has 0 spiro atoms. The van der Waals surface area contributed by atoms with Crippen molar-refractivity contribution in [3.05, 3.63) is 47.3 Å². The normalized spacial score (nSPS) is 11.8. The van der Waals surface area contributed by atoms with Crippen LogP contribution in [-0.2, 0) is 6.54 Å². The van der Waals surface area contributed by atoms with Gasteiger partial charge in [-0.05, 0) is 65.5 Å². The topological polar surface area (TPSA) is 57.5 Å². The molecule has 0 bridgehead atoms. The largest absolute Gasteiger partial charge is 0.357 e. The van der Waals surface area contributed by atoms with E-state index in [9.17, 15) is 0 Å². The summed E-state index contributed by atoms with van der Waals surface area (Å²) in [6.45, 7) is 9.61. The highest BCUT2D eigenvalue weighted by atomic mass is 15.3. The van der Waals surface area contributed by atoms with Crippen LogP contribution in [0.25, 0.3) is 5.69 Å². The third kappa shape index (κ3) is 5.88. The fraction of sp³-hybridized carbons (Fsp3) is 0.500. The molecule has 0 amide bonds. The van der Waals surface area contributed by atoms with Crippen LogP contribution in [-0.4, -0.2) is 54.4 Å². The van der Waals surface area contributed by atoms with Gasteiger partial charge in [0.2, 0.25) is 0 Å². The Bertz CT molecular complexity index is 717. The fourth-order valence-electron chi connectivity index (χ4n) is 2.83. The summed E-state index contributed by atoms with van der Waals surface area (Å²) in [7, 11) is 4.18. The standard InChI is InChI=1S/C20H32N6/c1-6-21-20(22-12-9-13-25(4)5)23-15-18-10-7-8-11-19(18)26-17(3)14-16(2)24-26/h7-8,10-11,14H,6,9,12-13,15H2,1-5H3,(H2,21,22,23). The van der Waals surface area contributed by atoms with Crippen LogP contribution >= 0.6 is 0 Å². The first-order chi connectivity index (χ1) is 12.5. The van der Waals surface area contributed by atoms with E-state index in [1.807, 2.05) is 17.7 Å². The highest BCUT2D eigenvalue weighted by Crippen LogP contribution is 2.17. The van der Waals surface area contributed by atoms with Gasteiger partial charge in [0, 0.05) is 18.8 Å². The number of nitrogens with zero attached hydrogens (tertiary/aromatic N) is 4. The van der Waals surface area contributed by atoms with E-state index in [4.69, 9.17) is 4.99 Å². The molecule has 0 radical (unpaired) electrons. The maximum atomic E-state index is 4.76. The highest BCUT2D eigenvalue weighted by Gasteiger charge is 2.08. The molecule has 0 fully saturated rings. The molecule has 1 heterocycles. The minimum Gasteiger partial charge on any atom is -0.357 e. The monoisotopic (exact) mass is 356 g/mol. The quantitative estimate of drug-likeness (QED) is 0.433. The number of rotatable bonds is 8. The first kappa shape index (κ1) is 20.0. The van der Waals surface area contributed by atoms with Crippen molar-refractivity contribution >= 4 is 5.96 Å². The summed E-state index contributed by atoms with van der Waals surface area (Å²) in [6.07, 6.45) is 1.08. The summed E-state index contributed by atoms with van der Waals surface area (Å²) in [4.78, 5) is 6.95. The van der Waals surface area contributed by atoms with Crippen molar-refractivity contribution in [1.29, 1.82) is 0 Å². The Morgan fingerprint density at radius 2 is 1.96 bits per heavy atom. The van der Waals surface area contributed by atoms with Gasteiger partial charge in [0.15, 0.2) is 5.96 Å². The van der Waals surface area contributed by atoms with Crippen LogP contribution in [0, 0.1) is 13.8 Å². The van der Waals surface area contributed by atoms with Gasteiger partial charge in [-0.15, -0.1) is 0 Å². The molecule has 0 saturated heterocycles. The van der Waals surface area contributed by atoms with Crippen molar-refractivity contribution in [2.75, 3.05) is 33.7 Å². The zero-order valence-electron chi connectivity index (χ0n) is 16.7. The van der Waals surface area contributed by atoms with Gasteiger partial charge in [0.05, 0.1) is 17.9 Å². The Hall–Kier alpha value is -2.34. The third-order valence-corrected chi connectivity index (χ3v) is 4.06. The lowest BCUT2D eigenvalue weighted by Crippen LogP contribution is -2.38. The van der Waals surface area contributed by atoms with Crippen LogP contribution in [0.15, 0.2) is 35.3 Å². The van der Waals surface area contributed by atoms with Gasteiger partial charge in [0.25, 0.3) is 0 Å². The molecule has 6 heteroatoms. The van der Waals surface area contributed by atoms with Crippen LogP contribution < -0.4 is 10.6 Å². The summed E-state index contributed by atoms with van der Waals surface area (Å²) in [5, 5.41) is 11.3. The van der Waals surface area contributed by atoms with Gasteiger partial charge >= 0.3 is 0 Å². The first-order valence-electron chi connectivity index (χ1n) is 9.29. The van der Waals surface area contributed by atoms with Crippen LogP contribution in [0.3, 0.4) is 0 Å². The predicted molar refractivity (Wildman–Crippen MR) is 109 cm³/mol. The molecule has 2 aromatic rings. The van der Waals surface area contributed by atoms with Crippen molar-refractivity contribution in [3.8, 4) is 5.69 Å². The van der Waals surface area contributed by atoms with E-state index in [-0.39, 0.29) is 0 Å². The summed E-state index contributed by atoms with van der Waals surface area (Å²) in [5.41, 5.74) is 4.40. The van der Waals surface area contributed by atoms with Crippen molar-refractivity contribution < 1.29 is 0 Å². The average molecular weight is 357 g/mol. The van der Waals surface area contributed by atoms with E-state index in [2.05, 4.69) is 72.8 Å². The molecule has 0 aliphatic heterocycles. The molecule has 2 N–H and O–H groups in total. The minimum absolute atomic E-state index is 0.609. The smallest absolute Gasteiger partial charge is 0.191 e. The van der Waals surface area contributed by atoms with E-state index >= 15 is 0 Å². The van der Waals surface area contributed by atoms with Crippen molar-refractivity contribution in [2.24, 2.45) is 4.99 Å². The number of para-hydroxylation sites is 1. The molecule has 2 rings (SSSR count). The third-order valence-electron chi connectivity index (χ3n) is 4.06. The van der Waals surface area contributed by atoms with E-state index in [1.165, 1.54) is 0 Å². The molecule has 26 heavy (non-hydrogen) atoms. The van der Waals surface area contributed by atoms with Crippen molar-refractivity contribution in [1.82, 2.24) is 25.3 Å². The lowest BCUT2D eigenvalue weighted by Gasteiger charge is -2.14. The predicted octanol–water partition coefficient (Wildman–Crippen LogP) is 2.50. The number of aryl methyl sites for hydroxylation is 2. The fourth-order valence-corrected chi connectivity index (χ4v) is 2.83. The molecular weight excluding hydrogens is 324 g/mol. The molecule has 0 aliphatic rings. The summed E-state index contributed by atoms with van der Waals surface area (Å²) in [6, 6.07) is 10.4. The Kier molecular flexibility index (Phi) is 7.66. The molecule has 142 valence electrons. The number of aromatic nitrogens is 2. The second-order valence-electron chi connectivity index (χ2n) is 6.75. The molecule has 0 aliphatic carbocycles. The lowest BCUT2D eigenvalue weighted by molar-refractivity contribution is 0.399.